The zero-order chi connectivity index (χ0) is 24.4. The van der Waals surface area contributed by atoms with Crippen LogP contribution in [-0.4, -0.2) is 55.2 Å². The van der Waals surface area contributed by atoms with Gasteiger partial charge in [0.2, 0.25) is 0 Å². The number of aryl methyl sites for hydroxylation is 1. The lowest BCUT2D eigenvalue weighted by Gasteiger charge is -2.24. The van der Waals surface area contributed by atoms with Crippen LogP contribution in [0.4, 0.5) is 0 Å². The zero-order valence-corrected chi connectivity index (χ0v) is 21.7. The summed E-state index contributed by atoms with van der Waals surface area (Å²) in [6.07, 6.45) is 6.08. The molecule has 3 aromatic rings. The van der Waals surface area contributed by atoms with Crippen molar-refractivity contribution in [3.05, 3.63) is 22.2 Å². The fourth-order valence-electron chi connectivity index (χ4n) is 4.85. The average molecular weight is 487 g/mol. The molecule has 184 valence electrons. The molecule has 1 aliphatic carbocycles. The molecule has 0 N–H and O–H groups in total. The molecule has 2 unspecified atom stereocenters. The number of likely N-dealkylation sites (N-methyl/N-ethyl adjacent to an activating group) is 1. The van der Waals surface area contributed by atoms with Gasteiger partial charge in [-0.15, -0.1) is 0 Å². The Morgan fingerprint density at radius 3 is 2.82 bits per heavy atom. The molecule has 3 heterocycles. The Hall–Kier alpha value is -2.32. The van der Waals surface area contributed by atoms with Gasteiger partial charge in [-0.25, -0.2) is 14.6 Å². The van der Waals surface area contributed by atoms with Crippen molar-refractivity contribution < 1.29 is 9.32 Å². The number of carbonyl (C=O) groups excluding carboxylic acids is 1. The van der Waals surface area contributed by atoms with Crippen LogP contribution in [0.25, 0.3) is 22.6 Å². The van der Waals surface area contributed by atoms with Crippen LogP contribution in [0.2, 0.25) is 5.15 Å². The fourth-order valence-corrected chi connectivity index (χ4v) is 5.16. The second-order valence-corrected chi connectivity index (χ2v) is 9.88. The van der Waals surface area contributed by atoms with Crippen LogP contribution in [-0.2, 0) is 17.8 Å². The zero-order valence-electron chi connectivity index (χ0n) is 20.9. The van der Waals surface area contributed by atoms with Crippen molar-refractivity contribution in [2.75, 3.05) is 13.6 Å². The molecule has 0 bridgehead atoms. The van der Waals surface area contributed by atoms with Crippen molar-refractivity contribution in [1.29, 1.82) is 0 Å². The van der Waals surface area contributed by atoms with Gasteiger partial charge in [-0.2, -0.15) is 5.10 Å². The molecule has 0 fully saturated rings. The maximum atomic E-state index is 12.8. The molecular weight excluding hydrogens is 452 g/mol. The van der Waals surface area contributed by atoms with E-state index in [2.05, 4.69) is 42.9 Å². The molecule has 0 aromatic carbocycles. The van der Waals surface area contributed by atoms with Gasteiger partial charge in [0, 0.05) is 18.0 Å². The van der Waals surface area contributed by atoms with Gasteiger partial charge in [0.15, 0.2) is 22.9 Å². The van der Waals surface area contributed by atoms with E-state index in [4.69, 9.17) is 26.2 Å². The van der Waals surface area contributed by atoms with Gasteiger partial charge in [0.1, 0.15) is 10.9 Å². The van der Waals surface area contributed by atoms with E-state index in [1.807, 2.05) is 11.6 Å². The number of ketones is 1. The predicted octanol–water partition coefficient (Wildman–Crippen LogP) is 5.35. The first-order valence-corrected chi connectivity index (χ1v) is 12.9. The SMILES string of the molecule is CCCCC(=O)C1CCCc2c(-c3nc(Cl)c4c(C)nn(CC(C)N(C)CCC)c4n3)noc21. The third-order valence-corrected chi connectivity index (χ3v) is 7.19. The Morgan fingerprint density at radius 1 is 1.29 bits per heavy atom. The minimum Gasteiger partial charge on any atom is -0.360 e. The van der Waals surface area contributed by atoms with Gasteiger partial charge >= 0.3 is 0 Å². The van der Waals surface area contributed by atoms with E-state index in [1.54, 1.807) is 0 Å². The van der Waals surface area contributed by atoms with E-state index in [9.17, 15) is 4.79 Å². The van der Waals surface area contributed by atoms with E-state index in [0.717, 1.165) is 61.7 Å². The Kier molecular flexibility index (Phi) is 7.67. The van der Waals surface area contributed by atoms with Crippen molar-refractivity contribution in [3.8, 4) is 11.5 Å². The van der Waals surface area contributed by atoms with Gasteiger partial charge in [0.25, 0.3) is 0 Å². The van der Waals surface area contributed by atoms with Crippen LogP contribution in [0.1, 0.15) is 82.2 Å². The van der Waals surface area contributed by atoms with Crippen LogP contribution in [0.15, 0.2) is 4.52 Å². The average Bonchev–Trinajstić information content (AvgIpc) is 3.38. The minimum absolute atomic E-state index is 0.224. The summed E-state index contributed by atoms with van der Waals surface area (Å²) in [5, 5.41) is 10.2. The maximum absolute atomic E-state index is 12.8. The molecule has 3 aromatic heterocycles. The van der Waals surface area contributed by atoms with Crippen molar-refractivity contribution in [1.82, 2.24) is 29.8 Å². The lowest BCUT2D eigenvalue weighted by Crippen LogP contribution is -2.33. The molecule has 0 spiro atoms. The largest absolute Gasteiger partial charge is 0.360 e. The summed E-state index contributed by atoms with van der Waals surface area (Å²) in [6.45, 7) is 10.1. The third kappa shape index (κ3) is 4.75. The number of carbonyl (C=O) groups is 1. The van der Waals surface area contributed by atoms with Crippen molar-refractivity contribution in [2.45, 2.75) is 91.1 Å². The first kappa shape index (κ1) is 24.8. The third-order valence-electron chi connectivity index (χ3n) is 6.92. The Balaban J connectivity index is 1.71. The summed E-state index contributed by atoms with van der Waals surface area (Å²) in [5.74, 6) is 1.12. The standard InChI is InChI=1S/C25H35ClN6O2/c1-6-8-12-19(33)17-10-9-11-18-21(30-34-22(17)18)24-27-23(26)20-16(4)29-32(25(20)28-24)14-15(3)31(5)13-7-2/h15,17H,6-14H2,1-5H3. The molecule has 0 radical (unpaired) electrons. The fraction of sp³-hybridized carbons (Fsp3) is 0.640. The topological polar surface area (TPSA) is 89.9 Å². The van der Waals surface area contributed by atoms with E-state index in [0.29, 0.717) is 41.0 Å². The van der Waals surface area contributed by atoms with E-state index < -0.39 is 0 Å². The summed E-state index contributed by atoms with van der Waals surface area (Å²) in [4.78, 5) is 24.5. The summed E-state index contributed by atoms with van der Waals surface area (Å²) in [5.41, 5.74) is 3.04. The van der Waals surface area contributed by atoms with Gasteiger partial charge in [-0.05, 0) is 59.5 Å². The number of hydrogen-bond donors (Lipinski definition) is 0. The maximum Gasteiger partial charge on any atom is 0.185 e. The molecule has 4 rings (SSSR count). The first-order valence-electron chi connectivity index (χ1n) is 12.5. The Labute approximate surface area is 206 Å². The predicted molar refractivity (Wildman–Crippen MR) is 133 cm³/mol. The molecular formula is C25H35ClN6O2. The molecule has 2 atom stereocenters. The normalized spacial score (nSPS) is 16.9. The van der Waals surface area contributed by atoms with Crippen LogP contribution in [0.5, 0.6) is 0 Å². The molecule has 9 heteroatoms. The molecule has 8 nitrogen and oxygen atoms in total. The number of rotatable bonds is 10. The summed E-state index contributed by atoms with van der Waals surface area (Å²) in [7, 11) is 2.13. The van der Waals surface area contributed by atoms with E-state index in [-0.39, 0.29) is 17.7 Å². The highest BCUT2D eigenvalue weighted by atomic mass is 35.5. The highest BCUT2D eigenvalue weighted by Crippen LogP contribution is 2.38. The van der Waals surface area contributed by atoms with Gasteiger partial charge < -0.3 is 9.42 Å². The number of unbranched alkanes of at least 4 members (excludes halogenated alkanes) is 1. The van der Waals surface area contributed by atoms with Crippen LogP contribution in [0, 0.1) is 6.92 Å². The monoisotopic (exact) mass is 486 g/mol. The highest BCUT2D eigenvalue weighted by molar-refractivity contribution is 6.34. The number of nitrogens with zero attached hydrogens (tertiary/aromatic N) is 6. The number of Topliss-reactive ketones (excluding diaryl/α,β-unsaturated/α-hetero) is 1. The van der Waals surface area contributed by atoms with Gasteiger partial charge in [-0.1, -0.05) is 37.0 Å². The Morgan fingerprint density at radius 2 is 2.09 bits per heavy atom. The molecule has 0 aliphatic heterocycles. The summed E-state index contributed by atoms with van der Waals surface area (Å²) < 4.78 is 7.66. The number of hydrogen-bond acceptors (Lipinski definition) is 7. The number of halogens is 1. The minimum atomic E-state index is -0.224. The summed E-state index contributed by atoms with van der Waals surface area (Å²) in [6, 6.07) is 0.286. The molecule has 34 heavy (non-hydrogen) atoms. The van der Waals surface area contributed by atoms with Gasteiger partial charge in [0.05, 0.1) is 23.5 Å². The van der Waals surface area contributed by atoms with Crippen LogP contribution < -0.4 is 0 Å². The lowest BCUT2D eigenvalue weighted by atomic mass is 9.83. The molecule has 1 aliphatic rings. The number of aromatic nitrogens is 5. The van der Waals surface area contributed by atoms with Crippen LogP contribution >= 0.6 is 11.6 Å². The van der Waals surface area contributed by atoms with E-state index >= 15 is 0 Å². The molecule has 0 saturated heterocycles. The smallest absolute Gasteiger partial charge is 0.185 e. The highest BCUT2D eigenvalue weighted by Gasteiger charge is 2.33. The number of fused-ring (bicyclic) bond motifs is 2. The quantitative estimate of drug-likeness (QED) is 0.356. The van der Waals surface area contributed by atoms with Crippen molar-refractivity contribution in [3.63, 3.8) is 0 Å². The Bertz CT molecular complexity index is 1170. The molecule has 0 saturated carbocycles. The molecule has 0 amide bonds. The van der Waals surface area contributed by atoms with Crippen molar-refractivity contribution in [2.24, 2.45) is 0 Å². The second kappa shape index (κ2) is 10.5. The van der Waals surface area contributed by atoms with E-state index in [1.165, 1.54) is 0 Å². The van der Waals surface area contributed by atoms with Gasteiger partial charge in [-0.3, -0.25) is 4.79 Å². The first-order chi connectivity index (χ1) is 16.3. The van der Waals surface area contributed by atoms with Crippen molar-refractivity contribution >= 4 is 28.4 Å². The van der Waals surface area contributed by atoms with Crippen LogP contribution in [0.3, 0.4) is 0 Å². The second-order valence-electron chi connectivity index (χ2n) is 9.52. The summed E-state index contributed by atoms with van der Waals surface area (Å²) >= 11 is 6.64. The lowest BCUT2D eigenvalue weighted by molar-refractivity contribution is -0.121.